The molecule has 35 heavy (non-hydrogen) atoms. The first kappa shape index (κ1) is 32.8. The number of rotatable bonds is 19. The first-order chi connectivity index (χ1) is 16.6. The van der Waals surface area contributed by atoms with E-state index in [0.717, 1.165) is 0 Å². The van der Waals surface area contributed by atoms with Gasteiger partial charge in [0.2, 0.25) is 17.7 Å². The van der Waals surface area contributed by atoms with E-state index in [1.165, 1.54) is 0 Å². The van der Waals surface area contributed by atoms with E-state index in [1.54, 1.807) is 11.8 Å². The first-order valence-electron chi connectivity index (χ1n) is 11.3. The van der Waals surface area contributed by atoms with Gasteiger partial charge in [0, 0.05) is 12.3 Å². The normalized spacial score (nSPS) is 14.2. The molecule has 0 aromatic rings. The number of nitrogens with one attached hydrogen (secondary N) is 3. The van der Waals surface area contributed by atoms with Gasteiger partial charge in [-0.3, -0.25) is 19.4 Å². The fraction of sp³-hybridized carbons (Fsp3) is 0.750. The molecule has 0 fully saturated rings. The monoisotopic (exact) mass is 536 g/mol. The molecule has 0 rings (SSSR count). The molecule has 0 aliphatic carbocycles. The highest BCUT2D eigenvalue weighted by molar-refractivity contribution is 7.98. The SMILES string of the molecule is CSCCC(N)C(=O)NC(CCCN=C(N)N)C(=O)NC(CS)C(=O)NC(CCCCN)C(=O)O. The summed E-state index contributed by atoms with van der Waals surface area (Å²) in [5, 5.41) is 16.9. The van der Waals surface area contributed by atoms with Gasteiger partial charge in [0.05, 0.1) is 6.04 Å². The van der Waals surface area contributed by atoms with E-state index in [4.69, 9.17) is 22.9 Å². The van der Waals surface area contributed by atoms with E-state index in [-0.39, 0.29) is 31.1 Å². The number of carbonyl (C=O) groups is 4. The number of guanidine groups is 1. The Hall–Kier alpha value is -2.23. The fourth-order valence-electron chi connectivity index (χ4n) is 2.92. The van der Waals surface area contributed by atoms with Crippen LogP contribution < -0.4 is 38.9 Å². The van der Waals surface area contributed by atoms with Crippen molar-refractivity contribution in [2.24, 2.45) is 27.9 Å². The molecule has 0 spiro atoms. The average Bonchev–Trinajstić information content (AvgIpc) is 2.81. The number of hydrogen-bond donors (Lipinski definition) is 9. The summed E-state index contributed by atoms with van der Waals surface area (Å²) >= 11 is 5.65. The van der Waals surface area contributed by atoms with Crippen LogP contribution in [0.2, 0.25) is 0 Å². The van der Waals surface area contributed by atoms with Crippen LogP contribution in [0, 0.1) is 0 Å². The number of unbranched alkanes of at least 4 members (excludes halogenated alkanes) is 1. The predicted octanol–water partition coefficient (Wildman–Crippen LogP) is -2.28. The Morgan fingerprint density at radius 3 is 2.03 bits per heavy atom. The molecule has 0 bridgehead atoms. The number of aliphatic imine (C=N–C) groups is 1. The number of aliphatic carboxylic acids is 1. The van der Waals surface area contributed by atoms with Crippen LogP contribution in [0.3, 0.4) is 0 Å². The molecule has 0 aromatic heterocycles. The third-order valence-electron chi connectivity index (χ3n) is 4.93. The Labute approximate surface area is 215 Å². The second-order valence-electron chi connectivity index (χ2n) is 7.83. The molecule has 202 valence electrons. The highest BCUT2D eigenvalue weighted by Gasteiger charge is 2.29. The molecule has 15 heteroatoms. The number of carboxylic acid groups (broad SMARTS) is 1. The number of nitrogens with two attached hydrogens (primary N) is 4. The first-order valence-corrected chi connectivity index (χ1v) is 13.3. The van der Waals surface area contributed by atoms with Gasteiger partial charge in [-0.2, -0.15) is 24.4 Å². The molecule has 0 radical (unpaired) electrons. The lowest BCUT2D eigenvalue weighted by atomic mass is 10.1. The van der Waals surface area contributed by atoms with Crippen molar-refractivity contribution in [3.8, 4) is 0 Å². The van der Waals surface area contributed by atoms with Crippen molar-refractivity contribution < 1.29 is 24.3 Å². The number of carbonyl (C=O) groups excluding carboxylic acids is 3. The Morgan fingerprint density at radius 2 is 1.49 bits per heavy atom. The zero-order chi connectivity index (χ0) is 26.8. The van der Waals surface area contributed by atoms with Gasteiger partial charge in [-0.1, -0.05) is 0 Å². The van der Waals surface area contributed by atoms with Gasteiger partial charge in [-0.15, -0.1) is 0 Å². The summed E-state index contributed by atoms with van der Waals surface area (Å²) in [7, 11) is 0. The average molecular weight is 537 g/mol. The van der Waals surface area contributed by atoms with Gasteiger partial charge < -0.3 is 44.0 Å². The summed E-state index contributed by atoms with van der Waals surface area (Å²) in [5.74, 6) is -2.54. The number of carboxylic acids is 1. The third kappa shape index (κ3) is 14.7. The molecular weight excluding hydrogens is 496 g/mol. The summed E-state index contributed by atoms with van der Waals surface area (Å²) in [6.07, 6.45) is 4.21. The van der Waals surface area contributed by atoms with Gasteiger partial charge in [-0.05, 0) is 57.1 Å². The topological polar surface area (TPSA) is 241 Å². The maximum absolute atomic E-state index is 12.9. The van der Waals surface area contributed by atoms with Crippen LogP contribution in [0.25, 0.3) is 0 Å². The standard InChI is InChI=1S/C20H40N8O5S2/c1-35-10-7-12(22)16(29)26-13(6-4-9-25-20(23)24)17(30)28-15(11-34)18(31)27-14(19(32)33)5-2-3-8-21/h12-15,34H,2-11,21-22H2,1H3,(H,26,29)(H,27,31)(H,28,30)(H,32,33)(H4,23,24,25). The second kappa shape index (κ2) is 19.0. The van der Waals surface area contributed by atoms with E-state index in [2.05, 4.69) is 33.6 Å². The molecule has 0 saturated heterocycles. The van der Waals surface area contributed by atoms with E-state index in [0.29, 0.717) is 38.0 Å². The molecule has 4 atom stereocenters. The summed E-state index contributed by atoms with van der Waals surface area (Å²) in [4.78, 5) is 53.4. The van der Waals surface area contributed by atoms with Gasteiger partial charge in [0.1, 0.15) is 18.1 Å². The van der Waals surface area contributed by atoms with Gasteiger partial charge in [0.25, 0.3) is 0 Å². The van der Waals surface area contributed by atoms with Gasteiger partial charge in [-0.25, -0.2) is 4.79 Å². The zero-order valence-corrected chi connectivity index (χ0v) is 21.8. The Morgan fingerprint density at radius 1 is 0.914 bits per heavy atom. The molecule has 13 nitrogen and oxygen atoms in total. The summed E-state index contributed by atoms with van der Waals surface area (Å²) in [5.41, 5.74) is 22.0. The van der Waals surface area contributed by atoms with Crippen LogP contribution in [0.1, 0.15) is 38.5 Å². The Bertz CT molecular complexity index is 709. The third-order valence-corrected chi connectivity index (χ3v) is 5.93. The molecule has 0 aromatic carbocycles. The quantitative estimate of drug-likeness (QED) is 0.0370. The van der Waals surface area contributed by atoms with E-state index >= 15 is 0 Å². The van der Waals surface area contributed by atoms with Gasteiger partial charge >= 0.3 is 5.97 Å². The molecule has 0 aliphatic rings. The summed E-state index contributed by atoms with van der Waals surface area (Å²) < 4.78 is 0. The highest BCUT2D eigenvalue weighted by Crippen LogP contribution is 2.05. The molecule has 12 N–H and O–H groups in total. The van der Waals surface area contributed by atoms with Crippen molar-refractivity contribution in [1.82, 2.24) is 16.0 Å². The number of amides is 3. The molecule has 3 amide bonds. The Balaban J connectivity index is 5.27. The lowest BCUT2D eigenvalue weighted by Gasteiger charge is -2.24. The molecule has 0 saturated carbocycles. The lowest BCUT2D eigenvalue weighted by Crippen LogP contribution is -2.57. The highest BCUT2D eigenvalue weighted by atomic mass is 32.2. The maximum Gasteiger partial charge on any atom is 0.326 e. The number of nitrogens with zero attached hydrogens (tertiary/aromatic N) is 1. The van der Waals surface area contributed by atoms with Crippen LogP contribution in [0.4, 0.5) is 0 Å². The van der Waals surface area contributed by atoms with Crippen LogP contribution in [-0.2, 0) is 19.2 Å². The van der Waals surface area contributed by atoms with Crippen LogP contribution in [0.15, 0.2) is 4.99 Å². The summed E-state index contributed by atoms with van der Waals surface area (Å²) in [6, 6.07) is -4.06. The van der Waals surface area contributed by atoms with Crippen LogP contribution in [0.5, 0.6) is 0 Å². The smallest absolute Gasteiger partial charge is 0.326 e. The maximum atomic E-state index is 12.9. The molecular formula is C20H40N8O5S2. The molecule has 0 aliphatic heterocycles. The molecule has 4 unspecified atom stereocenters. The van der Waals surface area contributed by atoms with Crippen molar-refractivity contribution in [2.75, 3.05) is 30.9 Å². The lowest BCUT2D eigenvalue weighted by molar-refractivity contribution is -0.142. The predicted molar refractivity (Wildman–Crippen MR) is 141 cm³/mol. The van der Waals surface area contributed by atoms with Crippen molar-refractivity contribution in [2.45, 2.75) is 62.7 Å². The van der Waals surface area contributed by atoms with Crippen molar-refractivity contribution in [3.05, 3.63) is 0 Å². The van der Waals surface area contributed by atoms with Gasteiger partial charge in [0.15, 0.2) is 5.96 Å². The van der Waals surface area contributed by atoms with Crippen molar-refractivity contribution in [1.29, 1.82) is 0 Å². The Kier molecular flexibility index (Phi) is 17.8. The second-order valence-corrected chi connectivity index (χ2v) is 9.18. The number of thiol groups is 1. The zero-order valence-electron chi connectivity index (χ0n) is 20.1. The van der Waals surface area contributed by atoms with E-state index in [9.17, 15) is 24.3 Å². The number of thioether (sulfide) groups is 1. The summed E-state index contributed by atoms with van der Waals surface area (Å²) in [6.45, 7) is 0.646. The molecule has 0 heterocycles. The minimum Gasteiger partial charge on any atom is -0.480 e. The largest absolute Gasteiger partial charge is 0.480 e. The van der Waals surface area contributed by atoms with Crippen LogP contribution >= 0.6 is 24.4 Å². The minimum atomic E-state index is -1.19. The van der Waals surface area contributed by atoms with E-state index < -0.39 is 47.9 Å². The van der Waals surface area contributed by atoms with E-state index in [1.807, 2.05) is 6.26 Å². The fourth-order valence-corrected chi connectivity index (χ4v) is 3.66. The van der Waals surface area contributed by atoms with Crippen LogP contribution in [-0.4, -0.2) is 89.8 Å². The van der Waals surface area contributed by atoms with Crippen molar-refractivity contribution >= 4 is 54.0 Å². The number of hydrogen-bond acceptors (Lipinski definition) is 9. The minimum absolute atomic E-state index is 0.0887. The van der Waals surface area contributed by atoms with Crippen molar-refractivity contribution in [3.63, 3.8) is 0 Å².